The van der Waals surface area contributed by atoms with Crippen molar-refractivity contribution in [1.29, 1.82) is 0 Å². The number of nitrogens with two attached hydrogens (primary N) is 1. The van der Waals surface area contributed by atoms with Crippen LogP contribution in [0.15, 0.2) is 0 Å². The van der Waals surface area contributed by atoms with Crippen LogP contribution in [0.5, 0.6) is 0 Å². The minimum Gasteiger partial charge on any atom is -0.380 e. The molecule has 4 nitrogen and oxygen atoms in total. The summed E-state index contributed by atoms with van der Waals surface area (Å²) < 4.78 is 18.0. The van der Waals surface area contributed by atoms with Crippen molar-refractivity contribution in [2.75, 3.05) is 13.7 Å². The van der Waals surface area contributed by atoms with Crippen molar-refractivity contribution in [3.63, 3.8) is 0 Å². The summed E-state index contributed by atoms with van der Waals surface area (Å²) in [6.45, 7) is 5.33. The number of hydrogen-bond acceptors (Lipinski definition) is 4. The van der Waals surface area contributed by atoms with E-state index in [1.807, 2.05) is 0 Å². The third-order valence-corrected chi connectivity index (χ3v) is 6.03. The van der Waals surface area contributed by atoms with Crippen LogP contribution in [0.1, 0.15) is 46.0 Å². The minimum atomic E-state index is 0.0292. The van der Waals surface area contributed by atoms with E-state index >= 15 is 0 Å². The smallest absolute Gasteiger partial charge is 0.0787 e. The molecule has 2 N–H and O–H groups in total. The Bertz CT molecular complexity index is 351. The molecule has 8 unspecified atom stereocenters. The number of hydrogen-bond donors (Lipinski definition) is 1. The first kappa shape index (κ1) is 15.7. The number of fused-ring (bicyclic) bond motifs is 3. The summed E-state index contributed by atoms with van der Waals surface area (Å²) in [7, 11) is 1.77. The zero-order valence-electron chi connectivity index (χ0n) is 13.7. The first-order valence-corrected chi connectivity index (χ1v) is 8.72. The van der Waals surface area contributed by atoms with Crippen molar-refractivity contribution in [3.05, 3.63) is 0 Å². The monoisotopic (exact) mass is 297 g/mol. The fraction of sp³-hybridized carbons (Fsp3) is 1.00. The summed E-state index contributed by atoms with van der Waals surface area (Å²) in [4.78, 5) is 0. The summed E-state index contributed by atoms with van der Waals surface area (Å²) in [6, 6.07) is 0.0292. The zero-order chi connectivity index (χ0) is 15.0. The maximum Gasteiger partial charge on any atom is 0.0787 e. The van der Waals surface area contributed by atoms with E-state index in [1.165, 1.54) is 19.3 Å². The molecular weight excluding hydrogens is 266 g/mol. The minimum absolute atomic E-state index is 0.0292. The lowest BCUT2D eigenvalue weighted by atomic mass is 9.68. The zero-order valence-corrected chi connectivity index (χ0v) is 13.7. The van der Waals surface area contributed by atoms with E-state index in [-0.39, 0.29) is 18.2 Å². The largest absolute Gasteiger partial charge is 0.380 e. The molecule has 0 amide bonds. The third kappa shape index (κ3) is 2.76. The molecule has 0 radical (unpaired) electrons. The molecule has 3 rings (SSSR count). The van der Waals surface area contributed by atoms with Crippen LogP contribution in [0.3, 0.4) is 0 Å². The molecule has 0 aromatic heterocycles. The molecule has 1 aliphatic heterocycles. The first-order valence-electron chi connectivity index (χ1n) is 8.72. The van der Waals surface area contributed by atoms with Gasteiger partial charge in [-0.25, -0.2) is 0 Å². The maximum atomic E-state index is 6.45. The Balaban J connectivity index is 1.68. The molecule has 0 spiro atoms. The molecular formula is C17H31NO3. The normalized spacial score (nSPS) is 49.7. The lowest BCUT2D eigenvalue weighted by Crippen LogP contribution is -2.52. The van der Waals surface area contributed by atoms with E-state index in [4.69, 9.17) is 19.9 Å². The van der Waals surface area contributed by atoms with Crippen molar-refractivity contribution in [1.82, 2.24) is 0 Å². The van der Waals surface area contributed by atoms with Gasteiger partial charge in [-0.2, -0.15) is 0 Å². The van der Waals surface area contributed by atoms with E-state index in [0.29, 0.717) is 30.0 Å². The Kier molecular flexibility index (Phi) is 4.89. The van der Waals surface area contributed by atoms with Crippen LogP contribution in [0, 0.1) is 17.8 Å². The number of methoxy groups -OCH3 is 1. The van der Waals surface area contributed by atoms with Gasteiger partial charge in [0.2, 0.25) is 0 Å². The molecule has 2 saturated carbocycles. The van der Waals surface area contributed by atoms with Gasteiger partial charge in [0, 0.05) is 19.6 Å². The molecule has 0 aromatic carbocycles. The van der Waals surface area contributed by atoms with E-state index < -0.39 is 0 Å². The highest BCUT2D eigenvalue weighted by Gasteiger charge is 2.54. The van der Waals surface area contributed by atoms with Crippen molar-refractivity contribution in [3.8, 4) is 0 Å². The second-order valence-corrected chi connectivity index (χ2v) is 7.17. The summed E-state index contributed by atoms with van der Waals surface area (Å²) >= 11 is 0. The van der Waals surface area contributed by atoms with Gasteiger partial charge in [0.25, 0.3) is 0 Å². The summed E-state index contributed by atoms with van der Waals surface area (Å²) in [5, 5.41) is 0. The van der Waals surface area contributed by atoms with Crippen LogP contribution in [-0.4, -0.2) is 44.2 Å². The van der Waals surface area contributed by atoms with Gasteiger partial charge in [0.1, 0.15) is 0 Å². The average Bonchev–Trinajstić information content (AvgIpc) is 2.88. The van der Waals surface area contributed by atoms with Crippen LogP contribution in [0.2, 0.25) is 0 Å². The summed E-state index contributed by atoms with van der Waals surface area (Å²) in [5.41, 5.74) is 6.41. The van der Waals surface area contributed by atoms with Crippen molar-refractivity contribution < 1.29 is 14.2 Å². The molecule has 4 heteroatoms. The van der Waals surface area contributed by atoms with Crippen LogP contribution in [-0.2, 0) is 14.2 Å². The third-order valence-electron chi connectivity index (χ3n) is 6.03. The lowest BCUT2D eigenvalue weighted by molar-refractivity contribution is -0.100. The van der Waals surface area contributed by atoms with E-state index in [1.54, 1.807) is 7.11 Å². The van der Waals surface area contributed by atoms with Crippen LogP contribution in [0.25, 0.3) is 0 Å². The van der Waals surface area contributed by atoms with Crippen molar-refractivity contribution in [2.45, 2.75) is 76.4 Å². The molecule has 3 aliphatic rings. The highest BCUT2D eigenvalue weighted by molar-refractivity contribution is 5.04. The van der Waals surface area contributed by atoms with Gasteiger partial charge in [-0.05, 0) is 43.9 Å². The van der Waals surface area contributed by atoms with Crippen LogP contribution < -0.4 is 5.73 Å². The number of ether oxygens (including phenoxy) is 3. The van der Waals surface area contributed by atoms with Gasteiger partial charge in [0.05, 0.1) is 30.5 Å². The Morgan fingerprint density at radius 3 is 2.38 bits per heavy atom. The van der Waals surface area contributed by atoms with E-state index in [0.717, 1.165) is 19.4 Å². The summed E-state index contributed by atoms with van der Waals surface area (Å²) in [6.07, 6.45) is 6.81. The van der Waals surface area contributed by atoms with E-state index in [9.17, 15) is 0 Å². The highest BCUT2D eigenvalue weighted by Crippen LogP contribution is 2.49. The van der Waals surface area contributed by atoms with Gasteiger partial charge < -0.3 is 19.9 Å². The number of rotatable bonds is 4. The quantitative estimate of drug-likeness (QED) is 0.865. The molecule has 3 fully saturated rings. The van der Waals surface area contributed by atoms with Crippen LogP contribution >= 0.6 is 0 Å². The van der Waals surface area contributed by atoms with Crippen molar-refractivity contribution in [2.24, 2.45) is 23.5 Å². The second kappa shape index (κ2) is 6.53. The van der Waals surface area contributed by atoms with Gasteiger partial charge in [-0.3, -0.25) is 0 Å². The molecule has 0 aromatic rings. The predicted octanol–water partition coefficient (Wildman–Crippen LogP) is 2.35. The Morgan fingerprint density at radius 2 is 1.71 bits per heavy atom. The van der Waals surface area contributed by atoms with Gasteiger partial charge in [0.15, 0.2) is 0 Å². The molecule has 2 aliphatic carbocycles. The second-order valence-electron chi connectivity index (χ2n) is 7.17. The molecule has 0 bridgehead atoms. The Labute approximate surface area is 128 Å². The highest BCUT2D eigenvalue weighted by atomic mass is 16.5. The molecule has 1 saturated heterocycles. The van der Waals surface area contributed by atoms with Crippen molar-refractivity contribution >= 4 is 0 Å². The fourth-order valence-electron chi connectivity index (χ4n) is 4.89. The molecule has 1 heterocycles. The van der Waals surface area contributed by atoms with E-state index in [2.05, 4.69) is 13.8 Å². The molecule has 21 heavy (non-hydrogen) atoms. The predicted molar refractivity (Wildman–Crippen MR) is 82.1 cm³/mol. The Morgan fingerprint density at radius 1 is 1.05 bits per heavy atom. The average molecular weight is 297 g/mol. The maximum absolute atomic E-state index is 6.45. The summed E-state index contributed by atoms with van der Waals surface area (Å²) in [5.74, 6) is 1.79. The van der Waals surface area contributed by atoms with Gasteiger partial charge in [-0.1, -0.05) is 13.8 Å². The Hall–Kier alpha value is -0.160. The molecule has 122 valence electrons. The fourth-order valence-corrected chi connectivity index (χ4v) is 4.89. The first-order chi connectivity index (χ1) is 10.2. The topological polar surface area (TPSA) is 53.7 Å². The van der Waals surface area contributed by atoms with Gasteiger partial charge >= 0.3 is 0 Å². The standard InChI is InChI=1S/C17H31NO3/c1-4-9-20-13-7-5-11-12-6-8-14(19-3)15(18)17(12)21-16(11)10(13)2/h10-17H,4-9,18H2,1-3H3. The van der Waals surface area contributed by atoms with Gasteiger partial charge in [-0.15, -0.1) is 0 Å². The SMILES string of the molecule is CCCOC1CCC2C3CCC(OC)C(N)C3OC2C1C. The molecule has 8 atom stereocenters. The van der Waals surface area contributed by atoms with Crippen LogP contribution in [0.4, 0.5) is 0 Å². The lowest BCUT2D eigenvalue weighted by Gasteiger charge is -2.39.